The van der Waals surface area contributed by atoms with Crippen LogP contribution in [0, 0.1) is 17.7 Å². The number of hydrogen-bond acceptors (Lipinski definition) is 8. The van der Waals surface area contributed by atoms with Gasteiger partial charge in [0.25, 0.3) is 0 Å². The van der Waals surface area contributed by atoms with Crippen molar-refractivity contribution in [2.75, 3.05) is 57.4 Å². The highest BCUT2D eigenvalue weighted by Gasteiger charge is 2.31. The van der Waals surface area contributed by atoms with E-state index in [0.717, 1.165) is 5.69 Å². The first-order valence-corrected chi connectivity index (χ1v) is 15.7. The molecule has 3 heterocycles. The van der Waals surface area contributed by atoms with Crippen LogP contribution in [0.4, 0.5) is 14.9 Å². The maximum atomic E-state index is 14.7. The average molecular weight is 617 g/mol. The second kappa shape index (κ2) is 15.7. The first-order valence-electron chi connectivity index (χ1n) is 15.7. The molecule has 3 aliphatic rings. The van der Waals surface area contributed by atoms with Gasteiger partial charge in [0.05, 0.1) is 49.3 Å². The van der Waals surface area contributed by atoms with E-state index in [9.17, 15) is 19.1 Å². The van der Waals surface area contributed by atoms with Crippen molar-refractivity contribution in [3.63, 3.8) is 0 Å². The zero-order valence-corrected chi connectivity index (χ0v) is 26.6. The molecule has 2 fully saturated rings. The molecule has 4 rings (SSSR count). The zero-order chi connectivity index (χ0) is 32.7. The van der Waals surface area contributed by atoms with E-state index in [-0.39, 0.29) is 24.1 Å². The van der Waals surface area contributed by atoms with Gasteiger partial charge in [0, 0.05) is 50.9 Å². The molecular weight excluding hydrogens is 574 g/mol. The quantitative estimate of drug-likeness (QED) is 0.307. The molecule has 3 aliphatic heterocycles. The van der Waals surface area contributed by atoms with Crippen molar-refractivity contribution in [1.29, 1.82) is 0 Å². The number of nitrogens with zero attached hydrogens (tertiary/aromatic N) is 3. The van der Waals surface area contributed by atoms with Crippen LogP contribution in [0.15, 0.2) is 35.9 Å². The number of carbonyl (C=O) groups is 2. The molecule has 0 unspecified atom stereocenters. The van der Waals surface area contributed by atoms with Gasteiger partial charge in [-0.1, -0.05) is 31.2 Å². The normalized spacial score (nSPS) is 28.9. The number of esters is 1. The average Bonchev–Trinajstić information content (AvgIpc) is 2.99. The van der Waals surface area contributed by atoms with E-state index in [2.05, 4.69) is 4.90 Å². The molecule has 45 heavy (non-hydrogen) atoms. The third kappa shape index (κ3) is 10.1. The second-order valence-corrected chi connectivity index (χ2v) is 12.5. The van der Waals surface area contributed by atoms with Gasteiger partial charge in [-0.25, -0.2) is 9.18 Å². The van der Waals surface area contributed by atoms with Crippen LogP contribution in [-0.4, -0.2) is 127 Å². The number of rotatable bonds is 5. The monoisotopic (exact) mass is 617 g/mol. The molecule has 9 nitrogen and oxygen atoms in total. The van der Waals surface area contributed by atoms with Gasteiger partial charge < -0.3 is 34.0 Å². The van der Waals surface area contributed by atoms with Crippen LogP contribution < -0.4 is 4.90 Å². The van der Waals surface area contributed by atoms with Crippen molar-refractivity contribution in [3.8, 4) is 0 Å². The number of benzene rings is 1. The lowest BCUT2D eigenvalue weighted by atomic mass is 9.48. The molecule has 2 saturated heterocycles. The van der Waals surface area contributed by atoms with Crippen molar-refractivity contribution in [2.24, 2.45) is 11.8 Å². The molecule has 5 atom stereocenters. The van der Waals surface area contributed by atoms with E-state index in [1.807, 2.05) is 45.1 Å². The summed E-state index contributed by atoms with van der Waals surface area (Å²) in [7, 11) is 17.4. The molecule has 0 bridgehead atoms. The van der Waals surface area contributed by atoms with Crippen LogP contribution in [0.2, 0.25) is 0 Å². The largest absolute Gasteiger partial charge is 0.457 e. The van der Waals surface area contributed by atoms with Crippen LogP contribution in [0.5, 0.6) is 0 Å². The van der Waals surface area contributed by atoms with Crippen LogP contribution in [0.25, 0.3) is 6.08 Å². The number of amides is 1. The summed E-state index contributed by atoms with van der Waals surface area (Å²) in [5.41, 5.74) is 2.11. The highest BCUT2D eigenvalue weighted by molar-refractivity contribution is 6.59. The first kappa shape index (κ1) is 35.1. The number of morpholine rings is 1. The Kier molecular flexibility index (Phi) is 12.2. The van der Waals surface area contributed by atoms with Crippen LogP contribution in [0.1, 0.15) is 45.6 Å². The minimum atomic E-state index is -1.45. The number of hydrogen-bond donors (Lipinski definition) is 1. The Morgan fingerprint density at radius 3 is 2.40 bits per heavy atom. The number of piperazine rings is 1. The Labute approximate surface area is 270 Å². The number of cyclic esters (lactones) is 1. The van der Waals surface area contributed by atoms with Crippen LogP contribution >= 0.6 is 0 Å². The van der Waals surface area contributed by atoms with E-state index in [1.54, 1.807) is 9.80 Å². The number of anilines is 1. The molecule has 0 aliphatic carbocycles. The van der Waals surface area contributed by atoms with Crippen molar-refractivity contribution in [2.45, 2.75) is 63.6 Å². The van der Waals surface area contributed by atoms with Crippen LogP contribution in [0.3, 0.4) is 0 Å². The lowest BCUT2D eigenvalue weighted by Gasteiger charge is -2.43. The minimum Gasteiger partial charge on any atom is -0.457 e. The van der Waals surface area contributed by atoms with Gasteiger partial charge in [-0.3, -0.25) is 4.79 Å². The highest BCUT2D eigenvalue weighted by Crippen LogP contribution is 2.27. The maximum absolute atomic E-state index is 14.7. The fourth-order valence-corrected chi connectivity index (χ4v) is 5.95. The van der Waals surface area contributed by atoms with E-state index in [0.29, 0.717) is 76.5 Å². The summed E-state index contributed by atoms with van der Waals surface area (Å²) in [4.78, 5) is 31.4. The van der Waals surface area contributed by atoms with Gasteiger partial charge >= 0.3 is 12.1 Å². The summed E-state index contributed by atoms with van der Waals surface area (Å²) >= 11 is 0. The van der Waals surface area contributed by atoms with E-state index >= 15 is 0 Å². The predicted molar refractivity (Wildman–Crippen MR) is 174 cm³/mol. The highest BCUT2D eigenvalue weighted by atomic mass is 19.1. The summed E-state index contributed by atoms with van der Waals surface area (Å²) in [6.45, 7) is 9.75. The van der Waals surface area contributed by atoms with Gasteiger partial charge in [-0.15, -0.1) is 0 Å². The molecule has 6 radical (unpaired) electrons. The third-order valence-electron chi connectivity index (χ3n) is 8.71. The SMILES string of the molecule is [B]C([B])([B])N1CCN(C(=O)O[C@H]2/C=C/[C@H](C)[C@@H](/C(C)=C/c3cc(F)cc(N4CCOCC4)c3)OC(=O)C[C@H](O)CC[C@@H]2C)CC1. The Balaban J connectivity index is 1.53. The van der Waals surface area contributed by atoms with Crippen molar-refractivity contribution in [1.82, 2.24) is 9.80 Å². The van der Waals surface area contributed by atoms with Gasteiger partial charge in [0.1, 0.15) is 18.0 Å². The van der Waals surface area contributed by atoms with E-state index in [1.165, 1.54) is 12.1 Å². The summed E-state index contributed by atoms with van der Waals surface area (Å²) in [5, 5.41) is 9.16. The second-order valence-electron chi connectivity index (χ2n) is 12.5. The lowest BCUT2D eigenvalue weighted by Crippen LogP contribution is -2.59. The fourth-order valence-electron chi connectivity index (χ4n) is 5.95. The van der Waals surface area contributed by atoms with Gasteiger partial charge in [-0.2, -0.15) is 0 Å². The van der Waals surface area contributed by atoms with E-state index in [4.69, 9.17) is 37.7 Å². The maximum Gasteiger partial charge on any atom is 0.410 e. The number of aliphatic hydroxyl groups is 1. The zero-order valence-electron chi connectivity index (χ0n) is 26.6. The topological polar surface area (TPSA) is 91.8 Å². The Hall–Kier alpha value is -2.76. The number of ether oxygens (including phenoxy) is 3. The standard InChI is InChI=1S/C32H43B3FN3O6/c1-21-4-6-27(40)20-29(41)45-30(23(3)16-24-17-25(36)19-26(18-24)37-12-14-43-15-13-37)22(2)5-7-28(21)44-31(42)38-8-10-39(11-9-38)32(33,34)35/h5,7,16-19,21-22,27-28,30,40H,4,6,8-15,20H2,1-3H3/b7-5+,23-16+/t21-,22-,27+,28-,30-/m0/s1. The number of aliphatic hydroxyl groups excluding tert-OH is 1. The Morgan fingerprint density at radius 1 is 1.04 bits per heavy atom. The molecule has 1 amide bonds. The van der Waals surface area contributed by atoms with Crippen molar-refractivity contribution in [3.05, 3.63) is 47.3 Å². The molecule has 1 N–H and O–H groups in total. The summed E-state index contributed by atoms with van der Waals surface area (Å²) in [6.07, 6.45) is 3.59. The molecule has 238 valence electrons. The molecule has 0 spiro atoms. The minimum absolute atomic E-state index is 0.130. The molecule has 1 aromatic carbocycles. The molecule has 0 saturated carbocycles. The molecular formula is C32H43B3FN3O6. The number of carbonyl (C=O) groups excluding carboxylic acids is 2. The Bertz CT molecular complexity index is 1230. The van der Waals surface area contributed by atoms with Crippen LogP contribution in [-0.2, 0) is 19.0 Å². The van der Waals surface area contributed by atoms with Crippen molar-refractivity contribution >= 4 is 47.4 Å². The Morgan fingerprint density at radius 2 is 1.73 bits per heavy atom. The predicted octanol–water partition coefficient (Wildman–Crippen LogP) is 2.59. The van der Waals surface area contributed by atoms with Gasteiger partial charge in [0.15, 0.2) is 0 Å². The van der Waals surface area contributed by atoms with Gasteiger partial charge in [0.2, 0.25) is 0 Å². The van der Waals surface area contributed by atoms with Crippen molar-refractivity contribution < 1.29 is 33.3 Å². The number of halogens is 1. The summed E-state index contributed by atoms with van der Waals surface area (Å²) in [5.74, 6) is -1.33. The molecule has 0 aromatic heterocycles. The third-order valence-corrected chi connectivity index (χ3v) is 8.71. The fraction of sp³-hybridized carbons (Fsp3) is 0.625. The van der Waals surface area contributed by atoms with Gasteiger partial charge in [-0.05, 0) is 61.1 Å². The van der Waals surface area contributed by atoms with E-state index < -0.39 is 35.6 Å². The molecule has 13 heteroatoms. The lowest BCUT2D eigenvalue weighted by molar-refractivity contribution is -0.151. The first-order chi connectivity index (χ1) is 21.3. The summed E-state index contributed by atoms with van der Waals surface area (Å²) < 4.78 is 32.0. The smallest absolute Gasteiger partial charge is 0.410 e. The summed E-state index contributed by atoms with van der Waals surface area (Å²) in [6, 6.07) is 4.86. The molecule has 1 aromatic rings.